The second kappa shape index (κ2) is 5.72. The van der Waals surface area contributed by atoms with Crippen LogP contribution in [0.1, 0.15) is 38.5 Å². The van der Waals surface area contributed by atoms with Gasteiger partial charge < -0.3 is 10.1 Å². The molecular weight excluding hydrogens is 192 g/mol. The smallest absolute Gasteiger partial charge is 0.222 e. The van der Waals surface area contributed by atoms with Crippen molar-refractivity contribution >= 4 is 5.91 Å². The van der Waals surface area contributed by atoms with Gasteiger partial charge >= 0.3 is 0 Å². The Morgan fingerprint density at radius 1 is 1.60 bits per heavy atom. The molecule has 0 heterocycles. The Balaban J connectivity index is 2.15. The number of nitrogens with one attached hydrogen (secondary N) is 1. The first kappa shape index (κ1) is 12.0. The Labute approximate surface area is 90.6 Å². The van der Waals surface area contributed by atoms with Crippen molar-refractivity contribution in [2.24, 2.45) is 0 Å². The summed E-state index contributed by atoms with van der Waals surface area (Å²) in [6, 6.07) is 2.05. The van der Waals surface area contributed by atoms with Crippen LogP contribution in [0.5, 0.6) is 0 Å². The van der Waals surface area contributed by atoms with Crippen LogP contribution in [0.2, 0.25) is 0 Å². The van der Waals surface area contributed by atoms with Gasteiger partial charge in [-0.05, 0) is 25.7 Å². The van der Waals surface area contributed by atoms with E-state index >= 15 is 0 Å². The Morgan fingerprint density at radius 2 is 2.33 bits per heavy atom. The number of carbonyl (C=O) groups is 1. The molecule has 1 fully saturated rings. The maximum absolute atomic E-state index is 11.5. The summed E-state index contributed by atoms with van der Waals surface area (Å²) in [4.78, 5) is 11.5. The molecule has 0 unspecified atom stereocenters. The van der Waals surface area contributed by atoms with E-state index in [4.69, 9.17) is 10.00 Å². The number of nitriles is 1. The van der Waals surface area contributed by atoms with E-state index in [-0.39, 0.29) is 11.5 Å². The average Bonchev–Trinajstić information content (AvgIpc) is 2.18. The third-order valence-corrected chi connectivity index (χ3v) is 2.97. The summed E-state index contributed by atoms with van der Waals surface area (Å²) in [6.45, 7) is 0.589. The summed E-state index contributed by atoms with van der Waals surface area (Å²) in [7, 11) is 1.67. The number of amides is 1. The minimum atomic E-state index is -0.195. The van der Waals surface area contributed by atoms with Gasteiger partial charge in [0.25, 0.3) is 0 Å². The summed E-state index contributed by atoms with van der Waals surface area (Å²) in [5, 5.41) is 11.1. The number of nitrogens with zero attached hydrogens (tertiary/aromatic N) is 1. The lowest BCUT2D eigenvalue weighted by Gasteiger charge is -2.39. The van der Waals surface area contributed by atoms with Crippen molar-refractivity contribution in [3.63, 3.8) is 0 Å². The van der Waals surface area contributed by atoms with Crippen LogP contribution < -0.4 is 5.32 Å². The van der Waals surface area contributed by atoms with Crippen LogP contribution in [0.4, 0.5) is 0 Å². The van der Waals surface area contributed by atoms with Crippen molar-refractivity contribution in [1.29, 1.82) is 5.26 Å². The van der Waals surface area contributed by atoms with Gasteiger partial charge in [-0.3, -0.25) is 4.79 Å². The molecule has 1 rings (SSSR count). The molecule has 84 valence electrons. The lowest BCUT2D eigenvalue weighted by atomic mass is 9.77. The van der Waals surface area contributed by atoms with Crippen LogP contribution >= 0.6 is 0 Å². The summed E-state index contributed by atoms with van der Waals surface area (Å²) in [5.41, 5.74) is -0.195. The third-order valence-electron chi connectivity index (χ3n) is 2.97. The number of hydrogen-bond acceptors (Lipinski definition) is 3. The van der Waals surface area contributed by atoms with Gasteiger partial charge in [0.2, 0.25) is 5.91 Å². The van der Waals surface area contributed by atoms with Crippen LogP contribution in [-0.2, 0) is 9.53 Å². The van der Waals surface area contributed by atoms with Crippen LogP contribution in [-0.4, -0.2) is 25.2 Å². The monoisotopic (exact) mass is 210 g/mol. The summed E-state index contributed by atoms with van der Waals surface area (Å²) in [6.07, 6.45) is 4.79. The Morgan fingerprint density at radius 3 is 2.80 bits per heavy atom. The first-order valence-electron chi connectivity index (χ1n) is 5.41. The van der Waals surface area contributed by atoms with E-state index in [9.17, 15) is 4.79 Å². The highest BCUT2D eigenvalue weighted by Crippen LogP contribution is 2.37. The molecule has 15 heavy (non-hydrogen) atoms. The molecule has 1 aliphatic carbocycles. The van der Waals surface area contributed by atoms with Crippen molar-refractivity contribution in [1.82, 2.24) is 5.32 Å². The molecule has 1 aliphatic rings. The standard InChI is InChI=1S/C11H18N2O2/c1-15-11(5-4-6-11)9-10(14)13-8-3-2-7-12/h2-6,8-9H2,1H3,(H,13,14). The average molecular weight is 210 g/mol. The van der Waals surface area contributed by atoms with E-state index in [2.05, 4.69) is 5.32 Å². The minimum absolute atomic E-state index is 0.0366. The molecule has 0 spiro atoms. The first-order valence-corrected chi connectivity index (χ1v) is 5.41. The van der Waals surface area contributed by atoms with Crippen molar-refractivity contribution in [3.05, 3.63) is 0 Å². The topological polar surface area (TPSA) is 62.1 Å². The summed E-state index contributed by atoms with van der Waals surface area (Å²) >= 11 is 0. The zero-order valence-electron chi connectivity index (χ0n) is 9.21. The van der Waals surface area contributed by atoms with Gasteiger partial charge in [-0.25, -0.2) is 0 Å². The second-order valence-corrected chi connectivity index (χ2v) is 4.03. The van der Waals surface area contributed by atoms with Gasteiger partial charge in [-0.2, -0.15) is 5.26 Å². The fraction of sp³-hybridized carbons (Fsp3) is 0.818. The van der Waals surface area contributed by atoms with Gasteiger partial charge in [0, 0.05) is 20.1 Å². The number of hydrogen-bond donors (Lipinski definition) is 1. The maximum atomic E-state index is 11.5. The summed E-state index contributed by atoms with van der Waals surface area (Å²) in [5.74, 6) is 0.0366. The largest absolute Gasteiger partial charge is 0.378 e. The number of rotatable bonds is 6. The van der Waals surface area contributed by atoms with E-state index < -0.39 is 0 Å². The quantitative estimate of drug-likeness (QED) is 0.673. The van der Waals surface area contributed by atoms with Crippen molar-refractivity contribution in [3.8, 4) is 6.07 Å². The summed E-state index contributed by atoms with van der Waals surface area (Å²) < 4.78 is 5.36. The number of methoxy groups -OCH3 is 1. The zero-order valence-corrected chi connectivity index (χ0v) is 9.21. The van der Waals surface area contributed by atoms with Gasteiger partial charge in [-0.15, -0.1) is 0 Å². The lowest BCUT2D eigenvalue weighted by molar-refractivity contribution is -0.134. The lowest BCUT2D eigenvalue weighted by Crippen LogP contribution is -2.44. The Kier molecular flexibility index (Phi) is 4.57. The molecule has 0 atom stereocenters. The molecule has 1 N–H and O–H groups in total. The highest BCUT2D eigenvalue weighted by Gasteiger charge is 2.38. The maximum Gasteiger partial charge on any atom is 0.222 e. The number of unbranched alkanes of at least 4 members (excludes halogenated alkanes) is 1. The van der Waals surface area contributed by atoms with E-state index in [1.165, 1.54) is 0 Å². The molecule has 1 amide bonds. The van der Waals surface area contributed by atoms with E-state index in [1.54, 1.807) is 7.11 Å². The van der Waals surface area contributed by atoms with Crippen LogP contribution in [0, 0.1) is 11.3 Å². The van der Waals surface area contributed by atoms with Crippen molar-refractivity contribution in [2.75, 3.05) is 13.7 Å². The molecule has 0 aromatic carbocycles. The van der Waals surface area contributed by atoms with Crippen LogP contribution in [0.25, 0.3) is 0 Å². The first-order chi connectivity index (χ1) is 7.22. The number of carbonyl (C=O) groups excluding carboxylic acids is 1. The molecule has 0 radical (unpaired) electrons. The van der Waals surface area contributed by atoms with Crippen LogP contribution in [0.15, 0.2) is 0 Å². The van der Waals surface area contributed by atoms with Crippen molar-refractivity contribution in [2.45, 2.75) is 44.1 Å². The molecule has 0 aliphatic heterocycles. The van der Waals surface area contributed by atoms with E-state index in [0.29, 0.717) is 19.4 Å². The minimum Gasteiger partial charge on any atom is -0.378 e. The highest BCUT2D eigenvalue weighted by molar-refractivity contribution is 5.77. The molecule has 0 bridgehead atoms. The SMILES string of the molecule is COC1(CC(=O)NCCCC#N)CCC1. The Bertz CT molecular complexity index is 248. The second-order valence-electron chi connectivity index (χ2n) is 4.03. The third kappa shape index (κ3) is 3.52. The predicted octanol–water partition coefficient (Wildman–Crippen LogP) is 1.37. The van der Waals surface area contributed by atoms with Gasteiger partial charge in [0.1, 0.15) is 0 Å². The zero-order chi connectivity index (χ0) is 11.1. The molecule has 0 saturated heterocycles. The van der Waals surface area contributed by atoms with Crippen molar-refractivity contribution < 1.29 is 9.53 Å². The predicted molar refractivity (Wildman–Crippen MR) is 56.1 cm³/mol. The number of ether oxygens (including phenoxy) is 1. The molecule has 0 aromatic rings. The molecular formula is C11H18N2O2. The van der Waals surface area contributed by atoms with Crippen LogP contribution in [0.3, 0.4) is 0 Å². The molecule has 0 aromatic heterocycles. The fourth-order valence-corrected chi connectivity index (χ4v) is 1.77. The van der Waals surface area contributed by atoms with Gasteiger partial charge in [0.15, 0.2) is 0 Å². The van der Waals surface area contributed by atoms with E-state index in [1.807, 2.05) is 6.07 Å². The Hall–Kier alpha value is -1.08. The molecule has 4 nitrogen and oxygen atoms in total. The fourth-order valence-electron chi connectivity index (χ4n) is 1.77. The molecule has 1 saturated carbocycles. The van der Waals surface area contributed by atoms with E-state index in [0.717, 1.165) is 25.7 Å². The highest BCUT2D eigenvalue weighted by atomic mass is 16.5. The van der Waals surface area contributed by atoms with Gasteiger partial charge in [-0.1, -0.05) is 0 Å². The van der Waals surface area contributed by atoms with Gasteiger partial charge in [0.05, 0.1) is 18.1 Å². The molecule has 4 heteroatoms. The normalized spacial score (nSPS) is 17.6.